The van der Waals surface area contributed by atoms with E-state index in [1.165, 1.54) is 23.9 Å². The zero-order valence-corrected chi connectivity index (χ0v) is 15.6. The molecule has 0 fully saturated rings. The van der Waals surface area contributed by atoms with Gasteiger partial charge in [-0.25, -0.2) is 4.39 Å². The van der Waals surface area contributed by atoms with Gasteiger partial charge in [-0.2, -0.15) is 5.26 Å². The number of hydrogen-bond acceptors (Lipinski definition) is 3. The molecule has 0 spiro atoms. The van der Waals surface area contributed by atoms with E-state index in [-0.39, 0.29) is 17.4 Å². The molecule has 1 unspecified atom stereocenters. The zero-order chi connectivity index (χ0) is 19.6. The van der Waals surface area contributed by atoms with E-state index >= 15 is 0 Å². The van der Waals surface area contributed by atoms with Crippen LogP contribution in [0.15, 0.2) is 60.3 Å². The Morgan fingerprint density at radius 3 is 2.59 bits per heavy atom. The predicted molar refractivity (Wildman–Crippen MR) is 104 cm³/mol. The van der Waals surface area contributed by atoms with Crippen molar-refractivity contribution >= 4 is 5.91 Å². The largest absolute Gasteiger partial charge is 0.389 e. The fourth-order valence-electron chi connectivity index (χ4n) is 2.63. The van der Waals surface area contributed by atoms with Crippen molar-refractivity contribution in [2.24, 2.45) is 0 Å². The molecule has 1 amide bonds. The number of amides is 1. The molecule has 0 bridgehead atoms. The lowest BCUT2D eigenvalue weighted by atomic mass is 10.0. The van der Waals surface area contributed by atoms with Crippen molar-refractivity contribution in [1.29, 1.82) is 5.26 Å². The summed E-state index contributed by atoms with van der Waals surface area (Å²) >= 11 is 0. The van der Waals surface area contributed by atoms with Crippen molar-refractivity contribution in [2.45, 2.75) is 32.7 Å². The van der Waals surface area contributed by atoms with Crippen molar-refractivity contribution in [1.82, 2.24) is 10.6 Å². The molecule has 2 rings (SSSR count). The van der Waals surface area contributed by atoms with Gasteiger partial charge in [-0.15, -0.1) is 0 Å². The second-order valence-electron chi connectivity index (χ2n) is 6.29. The number of nitrogens with zero attached hydrogens (tertiary/aromatic N) is 1. The van der Waals surface area contributed by atoms with E-state index in [1.54, 1.807) is 6.07 Å². The zero-order valence-electron chi connectivity index (χ0n) is 15.6. The Morgan fingerprint density at radius 2 is 1.96 bits per heavy atom. The molecule has 2 aromatic carbocycles. The Balaban J connectivity index is 1.88. The van der Waals surface area contributed by atoms with Gasteiger partial charge in [-0.1, -0.05) is 43.3 Å². The summed E-state index contributed by atoms with van der Waals surface area (Å²) in [6.07, 6.45) is 2.96. The fourth-order valence-corrected chi connectivity index (χ4v) is 2.63. The molecule has 0 heterocycles. The van der Waals surface area contributed by atoms with Crippen LogP contribution in [0, 0.1) is 17.1 Å². The molecule has 0 saturated carbocycles. The SMILES string of the molecule is CCc1ccc(C(C)NC(=O)/C(C#N)=C\NCCc2cccc(F)c2)cc1. The van der Waals surface area contributed by atoms with Gasteiger partial charge in [0.2, 0.25) is 0 Å². The second kappa shape index (κ2) is 10.1. The highest BCUT2D eigenvalue weighted by Gasteiger charge is 2.13. The Labute approximate surface area is 159 Å². The number of aryl methyl sites for hydroxylation is 1. The van der Waals surface area contributed by atoms with Gasteiger partial charge in [0.05, 0.1) is 6.04 Å². The molecule has 5 heteroatoms. The maximum atomic E-state index is 13.1. The number of nitriles is 1. The van der Waals surface area contributed by atoms with Crippen molar-refractivity contribution in [3.05, 3.63) is 82.8 Å². The van der Waals surface area contributed by atoms with E-state index in [1.807, 2.05) is 43.3 Å². The van der Waals surface area contributed by atoms with E-state index in [2.05, 4.69) is 17.6 Å². The van der Waals surface area contributed by atoms with Crippen LogP contribution in [0.25, 0.3) is 0 Å². The van der Waals surface area contributed by atoms with Gasteiger partial charge >= 0.3 is 0 Å². The lowest BCUT2D eigenvalue weighted by Gasteiger charge is -2.14. The average molecular weight is 365 g/mol. The van der Waals surface area contributed by atoms with E-state index < -0.39 is 5.91 Å². The van der Waals surface area contributed by atoms with Crippen LogP contribution in [0.4, 0.5) is 4.39 Å². The molecule has 2 aromatic rings. The molecule has 0 aliphatic carbocycles. The van der Waals surface area contributed by atoms with Crippen LogP contribution in [0.5, 0.6) is 0 Å². The summed E-state index contributed by atoms with van der Waals surface area (Å²) in [5, 5.41) is 15.0. The van der Waals surface area contributed by atoms with E-state index in [9.17, 15) is 14.4 Å². The van der Waals surface area contributed by atoms with Gasteiger partial charge in [0.25, 0.3) is 5.91 Å². The summed E-state index contributed by atoms with van der Waals surface area (Å²) < 4.78 is 13.1. The smallest absolute Gasteiger partial charge is 0.263 e. The number of carbonyl (C=O) groups is 1. The second-order valence-corrected chi connectivity index (χ2v) is 6.29. The molecule has 2 N–H and O–H groups in total. The van der Waals surface area contributed by atoms with Gasteiger partial charge in [0.1, 0.15) is 17.5 Å². The maximum Gasteiger partial charge on any atom is 0.263 e. The highest BCUT2D eigenvalue weighted by atomic mass is 19.1. The Morgan fingerprint density at radius 1 is 1.22 bits per heavy atom. The first-order chi connectivity index (χ1) is 13.0. The first-order valence-electron chi connectivity index (χ1n) is 9.01. The minimum absolute atomic E-state index is 0.00581. The first kappa shape index (κ1) is 20.2. The highest BCUT2D eigenvalue weighted by molar-refractivity contribution is 5.97. The van der Waals surface area contributed by atoms with Crippen molar-refractivity contribution in [2.75, 3.05) is 6.54 Å². The third-order valence-electron chi connectivity index (χ3n) is 4.29. The van der Waals surface area contributed by atoms with Gasteiger partial charge in [0, 0.05) is 12.7 Å². The average Bonchev–Trinajstić information content (AvgIpc) is 2.68. The van der Waals surface area contributed by atoms with Gasteiger partial charge < -0.3 is 10.6 Å². The van der Waals surface area contributed by atoms with Gasteiger partial charge in [0.15, 0.2) is 0 Å². The molecule has 0 radical (unpaired) electrons. The molecule has 1 atom stereocenters. The first-order valence-corrected chi connectivity index (χ1v) is 9.01. The van der Waals surface area contributed by atoms with Crippen molar-refractivity contribution < 1.29 is 9.18 Å². The standard InChI is InChI=1S/C22H24FN3O/c1-3-17-7-9-19(10-8-17)16(2)26-22(27)20(14-24)15-25-12-11-18-5-4-6-21(23)13-18/h4-10,13,15-16,25H,3,11-12H2,1-2H3,(H,26,27)/b20-15-. The molecular formula is C22H24FN3O. The van der Waals surface area contributed by atoms with E-state index in [4.69, 9.17) is 0 Å². The predicted octanol–water partition coefficient (Wildman–Crippen LogP) is 3.81. The summed E-state index contributed by atoms with van der Waals surface area (Å²) in [6, 6.07) is 16.1. The minimum atomic E-state index is -0.428. The summed E-state index contributed by atoms with van der Waals surface area (Å²) in [5.41, 5.74) is 3.07. The minimum Gasteiger partial charge on any atom is -0.389 e. The summed E-state index contributed by atoms with van der Waals surface area (Å²) in [7, 11) is 0. The lowest BCUT2D eigenvalue weighted by Crippen LogP contribution is -2.28. The van der Waals surface area contributed by atoms with Crippen LogP contribution in [-0.4, -0.2) is 12.5 Å². The summed E-state index contributed by atoms with van der Waals surface area (Å²) in [6.45, 7) is 4.46. The molecule has 4 nitrogen and oxygen atoms in total. The number of nitrogens with one attached hydrogen (secondary N) is 2. The topological polar surface area (TPSA) is 64.9 Å². The van der Waals surface area contributed by atoms with Crippen LogP contribution >= 0.6 is 0 Å². The number of carbonyl (C=O) groups excluding carboxylic acids is 1. The fraction of sp³-hybridized carbons (Fsp3) is 0.273. The molecular weight excluding hydrogens is 341 g/mol. The van der Waals surface area contributed by atoms with Crippen LogP contribution in [-0.2, 0) is 17.6 Å². The highest BCUT2D eigenvalue weighted by Crippen LogP contribution is 2.14. The number of rotatable bonds is 8. The molecule has 0 aromatic heterocycles. The van der Waals surface area contributed by atoms with Crippen molar-refractivity contribution in [3.63, 3.8) is 0 Å². The van der Waals surface area contributed by atoms with Crippen LogP contribution in [0.1, 0.15) is 36.6 Å². The molecule has 0 aliphatic heterocycles. The number of hydrogen-bond donors (Lipinski definition) is 2. The number of benzene rings is 2. The third-order valence-corrected chi connectivity index (χ3v) is 4.29. The van der Waals surface area contributed by atoms with Crippen LogP contribution < -0.4 is 10.6 Å². The molecule has 0 saturated heterocycles. The van der Waals surface area contributed by atoms with Gasteiger partial charge in [-0.3, -0.25) is 4.79 Å². The Hall–Kier alpha value is -3.13. The van der Waals surface area contributed by atoms with Crippen LogP contribution in [0.2, 0.25) is 0 Å². The quantitative estimate of drug-likeness (QED) is 0.425. The molecule has 140 valence electrons. The summed E-state index contributed by atoms with van der Waals surface area (Å²) in [5.74, 6) is -0.705. The van der Waals surface area contributed by atoms with Crippen molar-refractivity contribution in [3.8, 4) is 6.07 Å². The molecule has 0 aliphatic rings. The monoisotopic (exact) mass is 365 g/mol. The van der Waals surface area contributed by atoms with Gasteiger partial charge in [-0.05, 0) is 48.6 Å². The Kier molecular flexibility index (Phi) is 7.57. The maximum absolute atomic E-state index is 13.1. The number of halogens is 1. The van der Waals surface area contributed by atoms with E-state index in [0.29, 0.717) is 13.0 Å². The molecule has 27 heavy (non-hydrogen) atoms. The third kappa shape index (κ3) is 6.27. The summed E-state index contributed by atoms with van der Waals surface area (Å²) in [4.78, 5) is 12.3. The lowest BCUT2D eigenvalue weighted by molar-refractivity contribution is -0.117. The Bertz CT molecular complexity index is 837. The van der Waals surface area contributed by atoms with Crippen LogP contribution in [0.3, 0.4) is 0 Å². The normalized spacial score (nSPS) is 12.1. The van der Waals surface area contributed by atoms with E-state index in [0.717, 1.165) is 17.5 Å².